The van der Waals surface area contributed by atoms with Crippen LogP contribution >= 0.6 is 0 Å². The predicted molar refractivity (Wildman–Crippen MR) is 99.0 cm³/mol. The van der Waals surface area contributed by atoms with Gasteiger partial charge in [-0.15, -0.1) is 0 Å². The third kappa shape index (κ3) is 6.16. The topological polar surface area (TPSA) is 62.0 Å². The summed E-state index contributed by atoms with van der Waals surface area (Å²) < 4.78 is 0. The van der Waals surface area contributed by atoms with Crippen molar-refractivity contribution in [2.75, 3.05) is 0 Å². The van der Waals surface area contributed by atoms with E-state index in [1.165, 1.54) is 11.1 Å². The summed E-state index contributed by atoms with van der Waals surface area (Å²) in [4.78, 5) is 19.7. The molecule has 0 bridgehead atoms. The van der Waals surface area contributed by atoms with Crippen LogP contribution in [0.4, 0.5) is 11.4 Å². The molecule has 1 N–H and O–H groups in total. The van der Waals surface area contributed by atoms with Gasteiger partial charge in [-0.3, -0.25) is 14.8 Å². The van der Waals surface area contributed by atoms with E-state index in [0.717, 1.165) is 11.4 Å². The number of aliphatic imine (C=N–C) groups is 2. The van der Waals surface area contributed by atoms with E-state index in [-0.39, 0.29) is 12.3 Å². The predicted octanol–water partition coefficient (Wildman–Crippen LogP) is 4.89. The highest BCUT2D eigenvalue weighted by Gasteiger charge is 2.06. The highest BCUT2D eigenvalue weighted by molar-refractivity contribution is 5.86. The van der Waals surface area contributed by atoms with Crippen molar-refractivity contribution in [1.29, 1.82) is 0 Å². The van der Waals surface area contributed by atoms with Crippen LogP contribution in [0.2, 0.25) is 0 Å². The van der Waals surface area contributed by atoms with Gasteiger partial charge in [0.05, 0.1) is 11.4 Å². The number of hydrogen-bond acceptors (Lipinski definition) is 3. The lowest BCUT2D eigenvalue weighted by atomic mass is 10.1. The number of benzene rings is 2. The fraction of sp³-hybridized carbons (Fsp3) is 0.250. The SMILES string of the molecule is Cc1ccc(N=CC(C=Nc2ccc(C)cc2)CCC(=O)O)cc1. The van der Waals surface area contributed by atoms with Gasteiger partial charge in [-0.25, -0.2) is 0 Å². The Labute approximate surface area is 142 Å². The van der Waals surface area contributed by atoms with Crippen LogP contribution in [0.25, 0.3) is 0 Å². The molecule has 0 radical (unpaired) electrons. The van der Waals surface area contributed by atoms with Crippen LogP contribution in [0, 0.1) is 19.8 Å². The highest BCUT2D eigenvalue weighted by Crippen LogP contribution is 2.15. The lowest BCUT2D eigenvalue weighted by Gasteiger charge is -2.05. The molecule has 0 amide bonds. The summed E-state index contributed by atoms with van der Waals surface area (Å²) in [5, 5.41) is 8.90. The van der Waals surface area contributed by atoms with Gasteiger partial charge in [-0.05, 0) is 44.5 Å². The van der Waals surface area contributed by atoms with Gasteiger partial charge in [0, 0.05) is 24.8 Å². The van der Waals surface area contributed by atoms with Crippen molar-refractivity contribution < 1.29 is 9.90 Å². The number of aryl methyl sites for hydroxylation is 2. The van der Waals surface area contributed by atoms with E-state index in [9.17, 15) is 4.79 Å². The number of rotatable bonds is 7. The van der Waals surface area contributed by atoms with Crippen molar-refractivity contribution in [2.45, 2.75) is 26.7 Å². The Hall–Kier alpha value is -2.75. The van der Waals surface area contributed by atoms with Crippen LogP contribution in [0.5, 0.6) is 0 Å². The summed E-state index contributed by atoms with van der Waals surface area (Å²) in [6, 6.07) is 15.8. The maximum absolute atomic E-state index is 10.8. The smallest absolute Gasteiger partial charge is 0.303 e. The van der Waals surface area contributed by atoms with E-state index in [4.69, 9.17) is 5.11 Å². The first-order valence-electron chi connectivity index (χ1n) is 7.96. The summed E-state index contributed by atoms with van der Waals surface area (Å²) >= 11 is 0. The molecule has 0 spiro atoms. The number of carbonyl (C=O) groups is 1. The lowest BCUT2D eigenvalue weighted by Crippen LogP contribution is -2.07. The second-order valence-corrected chi connectivity index (χ2v) is 5.82. The van der Waals surface area contributed by atoms with E-state index < -0.39 is 5.97 Å². The molecule has 24 heavy (non-hydrogen) atoms. The van der Waals surface area contributed by atoms with Crippen molar-refractivity contribution in [2.24, 2.45) is 15.9 Å². The molecule has 0 aliphatic heterocycles. The van der Waals surface area contributed by atoms with Gasteiger partial charge >= 0.3 is 5.97 Å². The Morgan fingerprint density at radius 1 is 0.917 bits per heavy atom. The van der Waals surface area contributed by atoms with Crippen LogP contribution in [-0.4, -0.2) is 23.5 Å². The first-order chi connectivity index (χ1) is 11.5. The van der Waals surface area contributed by atoms with Crippen molar-refractivity contribution in [3.05, 3.63) is 59.7 Å². The number of carboxylic acids is 1. The van der Waals surface area contributed by atoms with Crippen LogP contribution in [0.15, 0.2) is 58.5 Å². The summed E-state index contributed by atoms with van der Waals surface area (Å²) in [5.74, 6) is -0.934. The van der Waals surface area contributed by atoms with E-state index in [1.54, 1.807) is 12.4 Å². The molecule has 2 aromatic rings. The van der Waals surface area contributed by atoms with Gasteiger partial charge in [-0.1, -0.05) is 35.4 Å². The van der Waals surface area contributed by atoms with E-state index in [0.29, 0.717) is 6.42 Å². The minimum atomic E-state index is -0.813. The lowest BCUT2D eigenvalue weighted by molar-refractivity contribution is -0.137. The van der Waals surface area contributed by atoms with Gasteiger partial charge in [0.1, 0.15) is 0 Å². The molecular weight excluding hydrogens is 300 g/mol. The number of aliphatic carboxylic acids is 1. The molecule has 0 atom stereocenters. The van der Waals surface area contributed by atoms with Gasteiger partial charge in [0.25, 0.3) is 0 Å². The molecule has 0 unspecified atom stereocenters. The number of hydrogen-bond donors (Lipinski definition) is 1. The first-order valence-corrected chi connectivity index (χ1v) is 7.96. The normalized spacial score (nSPS) is 12.8. The van der Waals surface area contributed by atoms with Crippen LogP contribution < -0.4 is 0 Å². The second-order valence-electron chi connectivity index (χ2n) is 5.82. The van der Waals surface area contributed by atoms with Gasteiger partial charge in [0.15, 0.2) is 0 Å². The van der Waals surface area contributed by atoms with E-state index in [1.807, 2.05) is 62.4 Å². The molecule has 124 valence electrons. The third-order valence-electron chi connectivity index (χ3n) is 3.59. The Morgan fingerprint density at radius 2 is 1.33 bits per heavy atom. The molecule has 0 saturated carbocycles. The van der Waals surface area contributed by atoms with Gasteiger partial charge in [-0.2, -0.15) is 0 Å². The maximum atomic E-state index is 10.8. The summed E-state index contributed by atoms with van der Waals surface area (Å²) in [7, 11) is 0. The van der Waals surface area contributed by atoms with Gasteiger partial charge < -0.3 is 5.11 Å². The standard InChI is InChI=1S/C20H22N2O2/c1-15-3-8-18(9-4-15)21-13-17(7-12-20(23)24)14-22-19-10-5-16(2)6-11-19/h3-6,8-11,13-14,17H,7,12H2,1-2H3,(H,23,24). The van der Waals surface area contributed by atoms with Crippen molar-refractivity contribution in [1.82, 2.24) is 0 Å². The quantitative estimate of drug-likeness (QED) is 0.738. The minimum absolute atomic E-state index is 0.0878. The van der Waals surface area contributed by atoms with E-state index >= 15 is 0 Å². The fourth-order valence-electron chi connectivity index (χ4n) is 2.10. The highest BCUT2D eigenvalue weighted by atomic mass is 16.4. The Bertz CT molecular complexity index is 661. The minimum Gasteiger partial charge on any atom is -0.481 e. The Balaban J connectivity index is 2.09. The molecule has 0 saturated heterocycles. The van der Waals surface area contributed by atoms with Crippen LogP contribution in [0.3, 0.4) is 0 Å². The molecule has 0 heterocycles. The zero-order chi connectivity index (χ0) is 17.4. The molecule has 2 rings (SSSR count). The van der Waals surface area contributed by atoms with Gasteiger partial charge in [0.2, 0.25) is 0 Å². The van der Waals surface area contributed by atoms with Crippen molar-refractivity contribution in [3.8, 4) is 0 Å². The van der Waals surface area contributed by atoms with Crippen molar-refractivity contribution >= 4 is 29.8 Å². The summed E-state index contributed by atoms with van der Waals surface area (Å²) in [5.41, 5.74) is 4.06. The summed E-state index contributed by atoms with van der Waals surface area (Å²) in [6.45, 7) is 4.05. The molecule has 4 heteroatoms. The monoisotopic (exact) mass is 322 g/mol. The zero-order valence-corrected chi connectivity index (χ0v) is 14.0. The molecular formula is C20H22N2O2. The Morgan fingerprint density at radius 3 is 1.71 bits per heavy atom. The molecule has 4 nitrogen and oxygen atoms in total. The first kappa shape index (κ1) is 17.6. The number of nitrogens with zero attached hydrogens (tertiary/aromatic N) is 2. The van der Waals surface area contributed by atoms with Crippen LogP contribution in [0.1, 0.15) is 24.0 Å². The molecule has 0 aliphatic rings. The third-order valence-corrected chi connectivity index (χ3v) is 3.59. The number of carboxylic acid groups (broad SMARTS) is 1. The van der Waals surface area contributed by atoms with Crippen LogP contribution in [-0.2, 0) is 4.79 Å². The average Bonchev–Trinajstić information content (AvgIpc) is 2.57. The largest absolute Gasteiger partial charge is 0.481 e. The molecule has 2 aromatic carbocycles. The Kier molecular flexibility index (Phi) is 6.43. The van der Waals surface area contributed by atoms with E-state index in [2.05, 4.69) is 9.98 Å². The second kappa shape index (κ2) is 8.77. The fourth-order valence-corrected chi connectivity index (χ4v) is 2.10. The molecule has 0 aromatic heterocycles. The molecule has 0 fully saturated rings. The maximum Gasteiger partial charge on any atom is 0.303 e. The summed E-state index contributed by atoms with van der Waals surface area (Å²) in [6.07, 6.45) is 4.10. The average molecular weight is 322 g/mol. The zero-order valence-electron chi connectivity index (χ0n) is 14.0. The van der Waals surface area contributed by atoms with Crippen molar-refractivity contribution in [3.63, 3.8) is 0 Å². The molecule has 0 aliphatic carbocycles.